The Morgan fingerprint density at radius 2 is 1.08 bits per heavy atom. The molecule has 0 spiro atoms. The van der Waals surface area contributed by atoms with Crippen molar-refractivity contribution in [2.75, 3.05) is 13.2 Å². The summed E-state index contributed by atoms with van der Waals surface area (Å²) in [4.78, 5) is 2.62. The van der Waals surface area contributed by atoms with E-state index in [0.717, 1.165) is 45.3 Å². The lowest BCUT2D eigenvalue weighted by molar-refractivity contribution is -0.0663. The molecular weight excluding hydrogens is 466 g/mol. The monoisotopic (exact) mass is 519 g/mol. The summed E-state index contributed by atoms with van der Waals surface area (Å²) >= 11 is 0. The zero-order valence-electron chi connectivity index (χ0n) is 25.6. The Labute approximate surface area is 233 Å². The second kappa shape index (κ2) is 11.4. The number of fused-ring (bicyclic) bond motifs is 1. The number of rotatable bonds is 9. The van der Waals surface area contributed by atoms with Crippen LogP contribution in [0, 0.1) is 0 Å². The molecule has 4 atom stereocenters. The van der Waals surface area contributed by atoms with Crippen LogP contribution in [0.1, 0.15) is 129 Å². The number of hydrogen-bond donors (Lipinski definition) is 0. The predicted molar refractivity (Wildman–Crippen MR) is 160 cm³/mol. The van der Waals surface area contributed by atoms with E-state index in [-0.39, 0.29) is 28.8 Å². The molecule has 4 rings (SSSR count). The molecule has 38 heavy (non-hydrogen) atoms. The molecule has 0 aromatic heterocycles. The molecule has 2 aromatic carbocycles. The molecule has 2 aliphatic rings. The van der Waals surface area contributed by atoms with Crippen LogP contribution in [0.2, 0.25) is 0 Å². The van der Waals surface area contributed by atoms with E-state index in [1.165, 1.54) is 22.3 Å². The molecule has 0 saturated carbocycles. The van der Waals surface area contributed by atoms with E-state index in [1.807, 2.05) is 0 Å². The van der Waals surface area contributed by atoms with Crippen molar-refractivity contribution < 1.29 is 9.47 Å². The molecule has 2 aliphatic heterocycles. The van der Waals surface area contributed by atoms with E-state index in [1.54, 1.807) is 0 Å². The van der Waals surface area contributed by atoms with Gasteiger partial charge in [0.15, 0.2) is 0 Å². The molecule has 210 valence electrons. The van der Waals surface area contributed by atoms with Crippen molar-refractivity contribution in [2.24, 2.45) is 0 Å². The van der Waals surface area contributed by atoms with Crippen molar-refractivity contribution in [1.82, 2.24) is 4.90 Å². The fraction of sp³-hybridized carbons (Fsp3) is 0.657. The van der Waals surface area contributed by atoms with Crippen LogP contribution < -0.4 is 0 Å². The van der Waals surface area contributed by atoms with Crippen molar-refractivity contribution in [1.29, 1.82) is 0 Å². The Hall–Kier alpha value is -1.68. The minimum absolute atomic E-state index is 0.0462. The average Bonchev–Trinajstić information content (AvgIpc) is 3.43. The Morgan fingerprint density at radius 3 is 1.39 bits per heavy atom. The first-order chi connectivity index (χ1) is 17.8. The first-order valence-corrected chi connectivity index (χ1v) is 15.1. The molecule has 2 heterocycles. The lowest BCUT2D eigenvalue weighted by Gasteiger charge is -2.34. The maximum atomic E-state index is 6.48. The molecular formula is C35H53NO2. The third kappa shape index (κ3) is 6.37. The van der Waals surface area contributed by atoms with Crippen molar-refractivity contribution in [3.05, 3.63) is 70.8 Å². The summed E-state index contributed by atoms with van der Waals surface area (Å²) in [5.41, 5.74) is 6.09. The van der Waals surface area contributed by atoms with E-state index in [9.17, 15) is 0 Å². The van der Waals surface area contributed by atoms with Gasteiger partial charge in [-0.25, -0.2) is 4.90 Å². The van der Waals surface area contributed by atoms with Gasteiger partial charge in [-0.1, -0.05) is 111 Å². The normalized spacial score (nSPS) is 25.9. The highest BCUT2D eigenvalue weighted by atomic mass is 16.6. The van der Waals surface area contributed by atoms with Crippen LogP contribution in [0.4, 0.5) is 0 Å². The summed E-state index contributed by atoms with van der Waals surface area (Å²) < 4.78 is 13.0. The molecule has 2 saturated heterocycles. The van der Waals surface area contributed by atoms with E-state index >= 15 is 0 Å². The summed E-state index contributed by atoms with van der Waals surface area (Å²) in [6.45, 7) is 22.3. The highest BCUT2D eigenvalue weighted by molar-refractivity contribution is 5.30. The first kappa shape index (κ1) is 29.3. The maximum absolute atomic E-state index is 6.48. The van der Waals surface area contributed by atoms with Gasteiger partial charge in [0.1, 0.15) is 12.5 Å². The number of nitrogens with zero attached hydrogens (tertiary/aromatic N) is 1. The fourth-order valence-electron chi connectivity index (χ4n) is 6.22. The summed E-state index contributed by atoms with van der Waals surface area (Å²) in [7, 11) is 0. The van der Waals surface area contributed by atoms with Gasteiger partial charge in [-0.05, 0) is 77.0 Å². The Balaban J connectivity index is 1.36. The second-order valence-electron chi connectivity index (χ2n) is 14.2. The number of benzene rings is 2. The molecule has 0 N–H and O–H groups in total. The van der Waals surface area contributed by atoms with E-state index in [2.05, 4.69) is 116 Å². The largest absolute Gasteiger partial charge is 0.361 e. The smallest absolute Gasteiger partial charge is 0.113 e. The Kier molecular flexibility index (Phi) is 8.82. The zero-order valence-corrected chi connectivity index (χ0v) is 25.6. The van der Waals surface area contributed by atoms with Gasteiger partial charge >= 0.3 is 0 Å². The molecule has 4 unspecified atom stereocenters. The van der Waals surface area contributed by atoms with Crippen LogP contribution >= 0.6 is 0 Å². The number of hydrogen-bond acceptors (Lipinski definition) is 3. The van der Waals surface area contributed by atoms with Gasteiger partial charge in [0.05, 0.1) is 18.8 Å². The molecule has 0 aliphatic carbocycles. The van der Waals surface area contributed by atoms with Crippen molar-refractivity contribution >= 4 is 0 Å². The van der Waals surface area contributed by atoms with Crippen LogP contribution in [-0.2, 0) is 20.3 Å². The third-order valence-corrected chi connectivity index (χ3v) is 9.30. The van der Waals surface area contributed by atoms with E-state index < -0.39 is 0 Å². The number of ether oxygens (including phenoxy) is 2. The second-order valence-corrected chi connectivity index (χ2v) is 14.2. The standard InChI is InChI=1S/C35H53NO2/c1-10-35-23-37-31(21-11-25(2)27-13-17-29(18-14-27)33(4,5)6)36(35)32(38-24-35)22-12-26(3)28-15-19-30(20-16-28)34(7,8)9/h13-20,25-26,31-32H,10-12,21-24H2,1-9H3. The van der Waals surface area contributed by atoms with Crippen LogP contribution in [-0.4, -0.2) is 36.1 Å². The molecule has 0 radical (unpaired) electrons. The highest BCUT2D eigenvalue weighted by Crippen LogP contribution is 2.43. The predicted octanol–water partition coefficient (Wildman–Crippen LogP) is 8.91. The fourth-order valence-corrected chi connectivity index (χ4v) is 6.22. The van der Waals surface area contributed by atoms with Crippen LogP contribution in [0.15, 0.2) is 48.5 Å². The molecule has 0 amide bonds. The summed E-state index contributed by atoms with van der Waals surface area (Å²) in [5.74, 6) is 1.03. The van der Waals surface area contributed by atoms with Gasteiger partial charge in [-0.2, -0.15) is 0 Å². The van der Waals surface area contributed by atoms with Crippen molar-refractivity contribution in [2.45, 2.75) is 135 Å². The van der Waals surface area contributed by atoms with Crippen molar-refractivity contribution in [3.63, 3.8) is 0 Å². The van der Waals surface area contributed by atoms with Gasteiger partial charge in [-0.3, -0.25) is 0 Å². The van der Waals surface area contributed by atoms with E-state index in [0.29, 0.717) is 11.8 Å². The molecule has 3 heteroatoms. The van der Waals surface area contributed by atoms with Crippen LogP contribution in [0.3, 0.4) is 0 Å². The topological polar surface area (TPSA) is 21.7 Å². The summed E-state index contributed by atoms with van der Waals surface area (Å²) in [6, 6.07) is 18.5. The lowest BCUT2D eigenvalue weighted by atomic mass is 9.85. The highest BCUT2D eigenvalue weighted by Gasteiger charge is 2.54. The molecule has 3 nitrogen and oxygen atoms in total. The van der Waals surface area contributed by atoms with Gasteiger partial charge in [0, 0.05) is 0 Å². The third-order valence-electron chi connectivity index (χ3n) is 9.30. The molecule has 0 bridgehead atoms. The summed E-state index contributed by atoms with van der Waals surface area (Å²) in [5, 5.41) is 0. The SMILES string of the molecule is CCC12COC(CCC(C)c3ccc(C(C)(C)C)cc3)N1C(CCC(C)c1ccc(C(C)(C)C)cc1)OC2. The maximum Gasteiger partial charge on any atom is 0.113 e. The Morgan fingerprint density at radius 1 is 0.711 bits per heavy atom. The van der Waals surface area contributed by atoms with Crippen LogP contribution in [0.5, 0.6) is 0 Å². The van der Waals surface area contributed by atoms with E-state index in [4.69, 9.17) is 9.47 Å². The minimum atomic E-state index is 0.0462. The van der Waals surface area contributed by atoms with Crippen LogP contribution in [0.25, 0.3) is 0 Å². The van der Waals surface area contributed by atoms with Gasteiger partial charge < -0.3 is 9.47 Å². The quantitative estimate of drug-likeness (QED) is 0.330. The Bertz CT molecular complexity index is 948. The van der Waals surface area contributed by atoms with Gasteiger partial charge in [0.2, 0.25) is 0 Å². The molecule has 2 fully saturated rings. The van der Waals surface area contributed by atoms with Crippen molar-refractivity contribution in [3.8, 4) is 0 Å². The lowest BCUT2D eigenvalue weighted by Crippen LogP contribution is -2.48. The van der Waals surface area contributed by atoms with Gasteiger partial charge in [0.25, 0.3) is 0 Å². The summed E-state index contributed by atoms with van der Waals surface area (Å²) in [6.07, 6.45) is 5.73. The zero-order chi connectivity index (χ0) is 27.7. The molecule has 2 aromatic rings. The average molecular weight is 520 g/mol. The first-order valence-electron chi connectivity index (χ1n) is 15.1. The van der Waals surface area contributed by atoms with Gasteiger partial charge in [-0.15, -0.1) is 0 Å². The minimum Gasteiger partial charge on any atom is -0.361 e.